The van der Waals surface area contributed by atoms with Gasteiger partial charge in [-0.1, -0.05) is 23.7 Å². The number of nitrogens with zero attached hydrogens (tertiary/aromatic N) is 3. The molecule has 0 saturated heterocycles. The van der Waals surface area contributed by atoms with E-state index in [2.05, 4.69) is 11.1 Å². The van der Waals surface area contributed by atoms with Crippen LogP contribution in [0.4, 0.5) is 0 Å². The van der Waals surface area contributed by atoms with Gasteiger partial charge in [-0.2, -0.15) is 5.26 Å². The predicted molar refractivity (Wildman–Crippen MR) is 98.3 cm³/mol. The van der Waals surface area contributed by atoms with Crippen molar-refractivity contribution in [2.75, 3.05) is 6.61 Å². The summed E-state index contributed by atoms with van der Waals surface area (Å²) in [6.45, 7) is 0.0818. The molecule has 3 aromatic rings. The Morgan fingerprint density at radius 1 is 1.27 bits per heavy atom. The third kappa shape index (κ3) is 4.20. The number of halogens is 1. The quantitative estimate of drug-likeness (QED) is 0.721. The van der Waals surface area contributed by atoms with Crippen LogP contribution in [0.5, 0.6) is 5.75 Å². The summed E-state index contributed by atoms with van der Waals surface area (Å²) in [5, 5.41) is 19.7. The highest BCUT2D eigenvalue weighted by Crippen LogP contribution is 2.15. The fourth-order valence-electron chi connectivity index (χ4n) is 2.53. The van der Waals surface area contributed by atoms with Crippen LogP contribution in [-0.4, -0.2) is 27.4 Å². The van der Waals surface area contributed by atoms with Crippen LogP contribution in [-0.2, 0) is 13.0 Å². The maximum atomic E-state index is 12.5. The first-order valence-corrected chi connectivity index (χ1v) is 8.36. The normalized spacial score (nSPS) is 11.9. The van der Waals surface area contributed by atoms with Crippen LogP contribution in [0.25, 0.3) is 10.9 Å². The lowest BCUT2D eigenvalue weighted by Gasteiger charge is -2.14. The standard InChI is InChI=1S/C19H16ClN3O3/c20-14-3-6-18-17(9-14)19(25)23(12-22-18)10-15(24)11-26-16-4-1-13(2-5-16)7-8-21/h1-6,9,12,15,24H,7,10-11H2. The number of aliphatic hydroxyl groups excluding tert-OH is 1. The van der Waals surface area contributed by atoms with E-state index < -0.39 is 6.10 Å². The van der Waals surface area contributed by atoms with Crippen molar-refractivity contribution in [3.8, 4) is 11.8 Å². The zero-order valence-electron chi connectivity index (χ0n) is 13.8. The molecular weight excluding hydrogens is 354 g/mol. The molecule has 0 saturated carbocycles. The van der Waals surface area contributed by atoms with Gasteiger partial charge in [0.15, 0.2) is 0 Å². The largest absolute Gasteiger partial charge is 0.491 e. The second-order valence-electron chi connectivity index (χ2n) is 5.81. The van der Waals surface area contributed by atoms with Gasteiger partial charge >= 0.3 is 0 Å². The summed E-state index contributed by atoms with van der Waals surface area (Å²) < 4.78 is 6.87. The maximum absolute atomic E-state index is 12.5. The SMILES string of the molecule is N#CCc1ccc(OCC(O)Cn2cnc3ccc(Cl)cc3c2=O)cc1. The van der Waals surface area contributed by atoms with Gasteiger partial charge in [0.1, 0.15) is 18.5 Å². The molecule has 2 aromatic carbocycles. The van der Waals surface area contributed by atoms with Crippen molar-refractivity contribution in [1.82, 2.24) is 9.55 Å². The van der Waals surface area contributed by atoms with Crippen molar-refractivity contribution in [3.05, 3.63) is 69.7 Å². The van der Waals surface area contributed by atoms with Crippen LogP contribution in [0.3, 0.4) is 0 Å². The van der Waals surface area contributed by atoms with E-state index in [1.54, 1.807) is 42.5 Å². The molecule has 26 heavy (non-hydrogen) atoms. The van der Waals surface area contributed by atoms with Gasteiger partial charge in [0, 0.05) is 5.02 Å². The molecule has 1 heterocycles. The van der Waals surface area contributed by atoms with E-state index in [0.717, 1.165) is 5.56 Å². The Morgan fingerprint density at radius 3 is 2.77 bits per heavy atom. The molecule has 0 radical (unpaired) electrons. The fourth-order valence-corrected chi connectivity index (χ4v) is 2.70. The Balaban J connectivity index is 1.65. The van der Waals surface area contributed by atoms with E-state index >= 15 is 0 Å². The molecule has 132 valence electrons. The number of fused-ring (bicyclic) bond motifs is 1. The first-order chi connectivity index (χ1) is 12.6. The lowest BCUT2D eigenvalue weighted by atomic mass is 10.2. The number of hydrogen-bond donors (Lipinski definition) is 1. The van der Waals surface area contributed by atoms with Crippen LogP contribution in [0.2, 0.25) is 5.02 Å². The molecule has 0 aliphatic carbocycles. The maximum Gasteiger partial charge on any atom is 0.261 e. The number of ether oxygens (including phenoxy) is 1. The van der Waals surface area contributed by atoms with Gasteiger partial charge < -0.3 is 9.84 Å². The minimum Gasteiger partial charge on any atom is -0.491 e. The number of nitriles is 1. The summed E-state index contributed by atoms with van der Waals surface area (Å²) in [7, 11) is 0. The Kier molecular flexibility index (Phi) is 5.52. The Hall–Kier alpha value is -2.88. The van der Waals surface area contributed by atoms with Crippen LogP contribution in [0.1, 0.15) is 5.56 Å². The second kappa shape index (κ2) is 8.00. The Morgan fingerprint density at radius 2 is 2.04 bits per heavy atom. The van der Waals surface area contributed by atoms with Crippen LogP contribution in [0, 0.1) is 11.3 Å². The van der Waals surface area contributed by atoms with Crippen LogP contribution >= 0.6 is 11.6 Å². The molecule has 1 N–H and O–H groups in total. The zero-order valence-corrected chi connectivity index (χ0v) is 14.6. The molecule has 3 rings (SSSR count). The number of hydrogen-bond acceptors (Lipinski definition) is 5. The molecule has 0 fully saturated rings. The van der Waals surface area contributed by atoms with Crippen molar-refractivity contribution < 1.29 is 9.84 Å². The fraction of sp³-hybridized carbons (Fsp3) is 0.211. The molecular formula is C19H16ClN3O3. The molecule has 1 atom stereocenters. The third-order valence-electron chi connectivity index (χ3n) is 3.84. The number of aromatic nitrogens is 2. The van der Waals surface area contributed by atoms with E-state index in [1.165, 1.54) is 10.9 Å². The molecule has 6 nitrogen and oxygen atoms in total. The summed E-state index contributed by atoms with van der Waals surface area (Å²) in [6, 6.07) is 14.1. The minimum absolute atomic E-state index is 0.0254. The van der Waals surface area contributed by atoms with E-state index in [-0.39, 0.29) is 18.7 Å². The molecule has 0 spiro atoms. The number of aliphatic hydroxyl groups is 1. The molecule has 1 aromatic heterocycles. The van der Waals surface area contributed by atoms with Crippen molar-refractivity contribution >= 4 is 22.5 Å². The van der Waals surface area contributed by atoms with Crippen LogP contribution in [0.15, 0.2) is 53.6 Å². The van der Waals surface area contributed by atoms with E-state index in [4.69, 9.17) is 21.6 Å². The van der Waals surface area contributed by atoms with E-state index in [9.17, 15) is 9.90 Å². The molecule has 1 unspecified atom stereocenters. The van der Waals surface area contributed by atoms with Crippen molar-refractivity contribution in [1.29, 1.82) is 5.26 Å². The third-order valence-corrected chi connectivity index (χ3v) is 4.08. The van der Waals surface area contributed by atoms with Gasteiger partial charge in [0.25, 0.3) is 5.56 Å². The lowest BCUT2D eigenvalue weighted by molar-refractivity contribution is 0.0915. The van der Waals surface area contributed by atoms with Crippen molar-refractivity contribution in [3.63, 3.8) is 0 Å². The van der Waals surface area contributed by atoms with Gasteiger partial charge in [0.05, 0.1) is 36.3 Å². The lowest BCUT2D eigenvalue weighted by Crippen LogP contribution is -2.30. The first kappa shape index (κ1) is 17.9. The van der Waals surface area contributed by atoms with Gasteiger partial charge in [-0.05, 0) is 35.9 Å². The Bertz CT molecular complexity index is 1010. The molecule has 0 bridgehead atoms. The zero-order chi connectivity index (χ0) is 18.5. The smallest absolute Gasteiger partial charge is 0.261 e. The summed E-state index contributed by atoms with van der Waals surface area (Å²) >= 11 is 5.93. The summed E-state index contributed by atoms with van der Waals surface area (Å²) in [6.07, 6.45) is 0.855. The van der Waals surface area contributed by atoms with Gasteiger partial charge in [-0.15, -0.1) is 0 Å². The molecule has 0 amide bonds. The van der Waals surface area contributed by atoms with Gasteiger partial charge in [-0.3, -0.25) is 9.36 Å². The summed E-state index contributed by atoms with van der Waals surface area (Å²) in [4.78, 5) is 16.7. The highest BCUT2D eigenvalue weighted by Gasteiger charge is 2.11. The summed E-state index contributed by atoms with van der Waals surface area (Å²) in [5.41, 5.74) is 1.18. The van der Waals surface area contributed by atoms with E-state index in [1.807, 2.05) is 0 Å². The topological polar surface area (TPSA) is 88.1 Å². The second-order valence-corrected chi connectivity index (χ2v) is 6.24. The number of benzene rings is 2. The minimum atomic E-state index is -0.884. The van der Waals surface area contributed by atoms with Gasteiger partial charge in [0.2, 0.25) is 0 Å². The monoisotopic (exact) mass is 369 g/mol. The van der Waals surface area contributed by atoms with Crippen molar-refractivity contribution in [2.45, 2.75) is 19.1 Å². The summed E-state index contributed by atoms with van der Waals surface area (Å²) in [5.74, 6) is 0.585. The average molecular weight is 370 g/mol. The predicted octanol–water partition coefficient (Wildman–Crippen LogP) is 2.56. The van der Waals surface area contributed by atoms with Crippen molar-refractivity contribution in [2.24, 2.45) is 0 Å². The van der Waals surface area contributed by atoms with Crippen LogP contribution < -0.4 is 10.3 Å². The molecule has 0 aliphatic heterocycles. The average Bonchev–Trinajstić information content (AvgIpc) is 2.64. The number of rotatable bonds is 6. The Labute approximate surface area is 154 Å². The molecule has 0 aliphatic rings. The first-order valence-electron chi connectivity index (χ1n) is 7.98. The van der Waals surface area contributed by atoms with Gasteiger partial charge in [-0.25, -0.2) is 4.98 Å². The highest BCUT2D eigenvalue weighted by atomic mass is 35.5. The molecule has 7 heteroatoms. The van der Waals surface area contributed by atoms with E-state index in [0.29, 0.717) is 28.1 Å². The highest BCUT2D eigenvalue weighted by molar-refractivity contribution is 6.31.